The van der Waals surface area contributed by atoms with Crippen LogP contribution in [0.5, 0.6) is 0 Å². The summed E-state index contributed by atoms with van der Waals surface area (Å²) in [5.41, 5.74) is 0. The zero-order chi connectivity index (χ0) is 82.5. The zero-order valence-electron chi connectivity index (χ0n) is 67.3. The van der Waals surface area contributed by atoms with Gasteiger partial charge in [-0.3, -0.25) is 9.59 Å². The van der Waals surface area contributed by atoms with E-state index in [4.69, 9.17) is 56.8 Å². The number of carbonyl (C=O) groups excluding carboxylic acids is 2. The summed E-state index contributed by atoms with van der Waals surface area (Å²) in [6.45, 7) is 3.58. The topological polar surface area (TPSA) is 513 Å². The van der Waals surface area contributed by atoms with Crippen molar-refractivity contribution >= 4 is 11.8 Å². The average Bonchev–Trinajstić information content (AvgIpc) is 0.759. The van der Waals surface area contributed by atoms with Crippen LogP contribution in [-0.2, 0) is 66.4 Å². The minimum atomic E-state index is -2.24. The van der Waals surface area contributed by atoms with Gasteiger partial charge in [-0.15, -0.1) is 0 Å². The monoisotopic (exact) mass is 1630 g/mol. The van der Waals surface area contributed by atoms with Crippen LogP contribution < -0.4 is 10.6 Å². The fraction of sp³-hybridized carbons (Fsp3) is 0.925. The van der Waals surface area contributed by atoms with E-state index in [9.17, 15) is 96.4 Å². The third-order valence-corrected chi connectivity index (χ3v) is 22.4. The summed E-state index contributed by atoms with van der Waals surface area (Å²) in [6, 6.07) is -2.96. The number of carbonyl (C=O) groups is 2. The van der Waals surface area contributed by atoms with E-state index in [1.807, 2.05) is 6.08 Å². The van der Waals surface area contributed by atoms with Crippen LogP contribution in [0.15, 0.2) is 24.3 Å². The molecule has 6 rings (SSSR count). The Bertz CT molecular complexity index is 2590. The fourth-order valence-electron chi connectivity index (χ4n) is 15.3. The van der Waals surface area contributed by atoms with E-state index in [-0.39, 0.29) is 12.3 Å². The Hall–Kier alpha value is -2.74. The van der Waals surface area contributed by atoms with Gasteiger partial charge < -0.3 is 154 Å². The van der Waals surface area contributed by atoms with Gasteiger partial charge in [-0.1, -0.05) is 192 Å². The van der Waals surface area contributed by atoms with Gasteiger partial charge in [0.15, 0.2) is 37.7 Å². The average molecular weight is 1630 g/mol. The van der Waals surface area contributed by atoms with Crippen LogP contribution in [0.3, 0.4) is 0 Å². The van der Waals surface area contributed by atoms with Gasteiger partial charge in [0.05, 0.1) is 57.4 Å². The molecule has 33 nitrogen and oxygen atoms in total. The summed E-state index contributed by atoms with van der Waals surface area (Å²) >= 11 is 0. The number of hydrogen-bond donors (Lipinski definition) is 19. The molecule has 0 radical (unpaired) electrons. The molecule has 2 amide bonds. The Morgan fingerprint density at radius 2 is 0.735 bits per heavy atom. The molecule has 660 valence electrons. The molecule has 12 unspecified atom stereocenters. The lowest BCUT2D eigenvalue weighted by Gasteiger charge is -2.52. The highest BCUT2D eigenvalue weighted by molar-refractivity contribution is 5.76. The fourth-order valence-corrected chi connectivity index (χ4v) is 15.3. The van der Waals surface area contributed by atoms with E-state index in [0.717, 1.165) is 64.7 Å². The van der Waals surface area contributed by atoms with Crippen molar-refractivity contribution in [3.8, 4) is 0 Å². The van der Waals surface area contributed by atoms with Crippen LogP contribution in [0, 0.1) is 0 Å². The Morgan fingerprint density at radius 3 is 1.22 bits per heavy atom. The summed E-state index contributed by atoms with van der Waals surface area (Å²) < 4.78 is 72.5. The Kier molecular flexibility index (Phi) is 47.2. The molecule has 6 aliphatic rings. The van der Waals surface area contributed by atoms with E-state index in [1.54, 1.807) is 6.08 Å². The molecular formula is C80H144N2O31. The molecule has 6 fully saturated rings. The maximum absolute atomic E-state index is 13.6. The van der Waals surface area contributed by atoms with Gasteiger partial charge in [0.2, 0.25) is 11.8 Å². The molecule has 0 aromatic carbocycles. The van der Waals surface area contributed by atoms with Crippen molar-refractivity contribution in [3.63, 3.8) is 0 Å². The van der Waals surface area contributed by atoms with Crippen molar-refractivity contribution in [2.24, 2.45) is 0 Å². The molecular weight excluding hydrogens is 1480 g/mol. The number of hydrogen-bond acceptors (Lipinski definition) is 31. The molecule has 6 saturated heterocycles. The summed E-state index contributed by atoms with van der Waals surface area (Å²) in [5, 5.41) is 196. The molecule has 0 spiro atoms. The predicted molar refractivity (Wildman–Crippen MR) is 407 cm³/mol. The molecule has 0 aromatic rings. The molecule has 0 bridgehead atoms. The number of aliphatic hydroxyl groups excluding tert-OH is 17. The highest BCUT2D eigenvalue weighted by atomic mass is 16.8. The molecule has 19 N–H and O–H groups in total. The lowest BCUT2D eigenvalue weighted by Crippen LogP contribution is -2.71. The molecule has 113 heavy (non-hydrogen) atoms. The van der Waals surface area contributed by atoms with Gasteiger partial charge in [0, 0.05) is 13.3 Å². The first-order chi connectivity index (χ1) is 54.3. The third kappa shape index (κ3) is 31.3. The van der Waals surface area contributed by atoms with Crippen molar-refractivity contribution in [1.82, 2.24) is 10.6 Å². The van der Waals surface area contributed by atoms with E-state index in [2.05, 4.69) is 36.6 Å². The molecule has 0 aromatic heterocycles. The number of amides is 2. The van der Waals surface area contributed by atoms with Crippen LogP contribution in [0.2, 0.25) is 0 Å². The number of unbranched alkanes of at least 4 members (excludes halogenated alkanes) is 28. The second-order valence-electron chi connectivity index (χ2n) is 31.6. The van der Waals surface area contributed by atoms with Crippen molar-refractivity contribution < 1.29 is 153 Å². The molecule has 6 heterocycles. The summed E-state index contributed by atoms with van der Waals surface area (Å²) in [6.07, 6.45) is -11.9. The van der Waals surface area contributed by atoms with Crippen LogP contribution in [0.1, 0.15) is 240 Å². The lowest BCUT2D eigenvalue weighted by atomic mass is 9.93. The second kappa shape index (κ2) is 53.8. The van der Waals surface area contributed by atoms with Crippen LogP contribution in [0.25, 0.3) is 0 Å². The Morgan fingerprint density at radius 1 is 0.363 bits per heavy atom. The van der Waals surface area contributed by atoms with E-state index < -0.39 is 235 Å². The van der Waals surface area contributed by atoms with E-state index >= 15 is 0 Å². The van der Waals surface area contributed by atoms with Gasteiger partial charge in [0.1, 0.15) is 134 Å². The first kappa shape index (κ1) is 99.1. The van der Waals surface area contributed by atoms with Gasteiger partial charge in [0.25, 0.3) is 0 Å². The second-order valence-corrected chi connectivity index (χ2v) is 31.6. The van der Waals surface area contributed by atoms with Crippen molar-refractivity contribution in [1.29, 1.82) is 0 Å². The summed E-state index contributed by atoms with van der Waals surface area (Å²) in [7, 11) is 0. The first-order valence-corrected chi connectivity index (χ1v) is 42.3. The van der Waals surface area contributed by atoms with Crippen LogP contribution >= 0.6 is 0 Å². The summed E-state index contributed by atoms with van der Waals surface area (Å²) in [4.78, 5) is 27.0. The minimum absolute atomic E-state index is 0.170. The molecule has 6 aliphatic heterocycles. The Balaban J connectivity index is 1.12. The Labute approximate surface area is 666 Å². The number of nitrogens with one attached hydrogen (secondary N) is 2. The quantitative estimate of drug-likeness (QED) is 0.0304. The van der Waals surface area contributed by atoms with Crippen molar-refractivity contribution in [3.05, 3.63) is 24.3 Å². The van der Waals surface area contributed by atoms with Crippen molar-refractivity contribution in [2.75, 3.05) is 33.0 Å². The third-order valence-electron chi connectivity index (χ3n) is 22.4. The highest BCUT2D eigenvalue weighted by Crippen LogP contribution is 2.39. The molecule has 32 atom stereocenters. The van der Waals surface area contributed by atoms with E-state index in [0.29, 0.717) is 12.8 Å². The van der Waals surface area contributed by atoms with Crippen LogP contribution in [0.4, 0.5) is 0 Å². The summed E-state index contributed by atoms with van der Waals surface area (Å²) in [5.74, 6) is -1.24. The van der Waals surface area contributed by atoms with Gasteiger partial charge in [-0.05, 0) is 58.8 Å². The van der Waals surface area contributed by atoms with E-state index in [1.165, 1.54) is 142 Å². The standard InChI is InChI=1S/C80H144N2O31/c1-6-8-10-12-14-16-18-20-21-22-23-24-25-26-27-29-31-33-35-37-39-41-56(89)82-50(51(88)40-38-36-34-32-30-28-19-17-15-13-11-9-7-2)46-102-76-68(100)65(97)70(54(44-85)108-76)109-79-69(101)73(61(93)53(43-84)105-79)112-75-57(81-49(5)87)72(111-77-66(98)62(94)58(90)47(3)103-77)71(55(45-86)107-75)110-80-74(64(96)60(92)52(42-83)106-80)113-78-67(99)63(95)59(91)48(4)104-78/h20-21,38,40,47-48,50-55,57-80,83-86,88,90-101H,6-19,22-37,39,41-46H2,1-5H3,(H,81,87)(H,82,89)/b21-20-,40-38+/t47?,48?,50-,51+,52?,53?,54?,55?,57?,58+,59+,60-,61-,62?,63?,64-,65+,66-,67-,68?,69?,70+,71+,72+,73-,74?,75-,76+,77+,78+,79-,80-/m0/s1. The van der Waals surface area contributed by atoms with Gasteiger partial charge in [-0.25, -0.2) is 0 Å². The predicted octanol–water partition coefficient (Wildman–Crippen LogP) is 1.60. The number of ether oxygens (including phenoxy) is 12. The van der Waals surface area contributed by atoms with Crippen molar-refractivity contribution in [2.45, 2.75) is 436 Å². The minimum Gasteiger partial charge on any atom is -0.394 e. The number of rotatable bonds is 54. The number of aliphatic hydroxyl groups is 17. The molecule has 0 aliphatic carbocycles. The smallest absolute Gasteiger partial charge is 0.220 e. The molecule has 0 saturated carbocycles. The zero-order valence-corrected chi connectivity index (χ0v) is 67.3. The molecule has 33 heteroatoms. The highest BCUT2D eigenvalue weighted by Gasteiger charge is 2.59. The largest absolute Gasteiger partial charge is 0.394 e. The maximum Gasteiger partial charge on any atom is 0.220 e. The van der Waals surface area contributed by atoms with Crippen LogP contribution in [-0.4, -0.2) is 328 Å². The SMILES string of the molecule is CCCCCCCC/C=C\CCCCCCCCCCCCCC(=O)N[C@@H](CO[C@@H]1OC(CO)[C@@H](O[C@@H]2OC(CO)[C@H](O)[C@H](O[C@@H]3OC(CO)[C@@H](O[C@@H]4OC(CO)[C@H](O)[C@H](O)C4O[C@H]4OC(C)[C@@H](O)C(O)[C@@H]4O)[C@H](O[C@H]4OC(C)[C@@H](O)C(O)[C@@H]4O)C3NC(C)=O)C2O)[C@H](O)C1O)[C@H](O)/C=C/CCCCCCCCCCCCC. The first-order valence-electron chi connectivity index (χ1n) is 42.3. The van der Waals surface area contributed by atoms with Gasteiger partial charge in [-0.2, -0.15) is 0 Å². The normalized spacial score (nSPS) is 37.1. The van der Waals surface area contributed by atoms with Gasteiger partial charge >= 0.3 is 0 Å². The lowest BCUT2D eigenvalue weighted by molar-refractivity contribution is -0.401. The number of allylic oxidation sites excluding steroid dienone is 3. The maximum atomic E-state index is 13.6.